The molecule has 0 N–H and O–H groups in total. The molecule has 1 aliphatic rings. The summed E-state index contributed by atoms with van der Waals surface area (Å²) >= 11 is 0. The second-order valence-corrected chi connectivity index (χ2v) is 8.75. The minimum atomic E-state index is -6.08. The number of rotatable bonds is 8. The van der Waals surface area contributed by atoms with Crippen molar-refractivity contribution in [2.45, 2.75) is 45.7 Å². The molecule has 1 unspecified atom stereocenters. The molecule has 1 aliphatic heterocycles. The van der Waals surface area contributed by atoms with E-state index in [1.807, 2.05) is 0 Å². The van der Waals surface area contributed by atoms with Gasteiger partial charge < -0.3 is 18.4 Å². The van der Waals surface area contributed by atoms with Crippen LogP contribution in [0, 0.1) is 12.8 Å². The van der Waals surface area contributed by atoms with E-state index in [-0.39, 0.29) is 47.8 Å². The van der Waals surface area contributed by atoms with E-state index in [0.717, 1.165) is 0 Å². The first-order chi connectivity index (χ1) is 14.7. The quantitative estimate of drug-likeness (QED) is 0.241. The van der Waals surface area contributed by atoms with Gasteiger partial charge in [0.05, 0.1) is 20.6 Å². The molecule has 32 heavy (non-hydrogen) atoms. The van der Waals surface area contributed by atoms with Crippen molar-refractivity contribution in [3.63, 3.8) is 0 Å². The molecule has 12 heteroatoms. The summed E-state index contributed by atoms with van der Waals surface area (Å²) in [4.78, 5) is 23.7. The Morgan fingerprint density at radius 3 is 2.41 bits per heavy atom. The van der Waals surface area contributed by atoms with Gasteiger partial charge >= 0.3 is 27.6 Å². The lowest BCUT2D eigenvalue weighted by atomic mass is 9.93. The summed E-state index contributed by atoms with van der Waals surface area (Å²) in [6, 6.07) is 0. The van der Waals surface area contributed by atoms with Gasteiger partial charge in [0.1, 0.15) is 17.9 Å². The Morgan fingerprint density at radius 2 is 1.88 bits per heavy atom. The molecule has 0 radical (unpaired) electrons. The standard InChI is InChI=1S/C20H23F3O8S/c1-10(11(2)8-15(24)28-4)6-7-13-17(29-5)12(3)14-9-30-19(25)16(14)18(13)31-32(26,27)20(21,22)23/h6,11H,7-9H2,1-5H3. The second-order valence-electron chi connectivity index (χ2n) is 7.21. The summed E-state index contributed by atoms with van der Waals surface area (Å²) in [6.07, 6.45) is 1.52. The Bertz CT molecular complexity index is 1060. The monoisotopic (exact) mass is 480 g/mol. The Balaban J connectivity index is 2.64. The van der Waals surface area contributed by atoms with E-state index < -0.39 is 33.3 Å². The van der Waals surface area contributed by atoms with E-state index in [0.29, 0.717) is 11.1 Å². The van der Waals surface area contributed by atoms with Crippen molar-refractivity contribution in [2.24, 2.45) is 5.92 Å². The minimum absolute atomic E-state index is 0.0668. The highest BCUT2D eigenvalue weighted by atomic mass is 32.2. The smallest absolute Gasteiger partial charge is 0.496 e. The van der Waals surface area contributed by atoms with E-state index >= 15 is 0 Å². The van der Waals surface area contributed by atoms with Gasteiger partial charge in [0, 0.05) is 11.1 Å². The molecule has 0 amide bonds. The number of alkyl halides is 3. The van der Waals surface area contributed by atoms with Crippen molar-refractivity contribution in [1.29, 1.82) is 0 Å². The number of carbonyl (C=O) groups excluding carboxylic acids is 2. The Hall–Kier alpha value is -2.76. The average molecular weight is 480 g/mol. The van der Waals surface area contributed by atoms with Gasteiger partial charge in [-0.25, -0.2) is 4.79 Å². The maximum atomic E-state index is 13.0. The summed E-state index contributed by atoms with van der Waals surface area (Å²) in [5.74, 6) is -2.43. The molecule has 0 spiro atoms. The summed E-state index contributed by atoms with van der Waals surface area (Å²) in [5, 5.41) is 0. The highest BCUT2D eigenvalue weighted by Crippen LogP contribution is 2.44. The zero-order valence-electron chi connectivity index (χ0n) is 18.1. The van der Waals surface area contributed by atoms with Crippen molar-refractivity contribution in [3.05, 3.63) is 33.9 Å². The number of esters is 2. The Morgan fingerprint density at radius 1 is 1.25 bits per heavy atom. The van der Waals surface area contributed by atoms with Crippen LogP contribution in [-0.2, 0) is 37.4 Å². The van der Waals surface area contributed by atoms with Crippen LogP contribution in [0.1, 0.15) is 47.3 Å². The molecule has 1 atom stereocenters. The molecule has 1 aromatic carbocycles. The van der Waals surface area contributed by atoms with Crippen LogP contribution in [0.4, 0.5) is 13.2 Å². The molecule has 0 bridgehead atoms. The fourth-order valence-corrected chi connectivity index (χ4v) is 3.72. The van der Waals surface area contributed by atoms with Gasteiger partial charge in [0.25, 0.3) is 0 Å². The van der Waals surface area contributed by atoms with Crippen molar-refractivity contribution in [2.75, 3.05) is 14.2 Å². The molecule has 0 aliphatic carbocycles. The molecule has 1 aromatic rings. The predicted octanol–water partition coefficient (Wildman–Crippen LogP) is 3.59. The Kier molecular flexibility index (Phi) is 7.48. The molecule has 0 saturated heterocycles. The minimum Gasteiger partial charge on any atom is -0.496 e. The van der Waals surface area contributed by atoms with E-state index in [2.05, 4.69) is 8.92 Å². The molecule has 8 nitrogen and oxygen atoms in total. The molecule has 0 aromatic heterocycles. The number of halogens is 3. The lowest BCUT2D eigenvalue weighted by Crippen LogP contribution is -2.29. The number of ether oxygens (including phenoxy) is 3. The van der Waals surface area contributed by atoms with Crippen LogP contribution in [-0.4, -0.2) is 40.1 Å². The number of benzene rings is 1. The molecular weight excluding hydrogens is 457 g/mol. The van der Waals surface area contributed by atoms with Crippen molar-refractivity contribution in [3.8, 4) is 11.5 Å². The van der Waals surface area contributed by atoms with E-state index in [4.69, 9.17) is 9.47 Å². The van der Waals surface area contributed by atoms with Crippen LogP contribution in [0.2, 0.25) is 0 Å². The highest BCUT2D eigenvalue weighted by Gasteiger charge is 2.50. The van der Waals surface area contributed by atoms with Gasteiger partial charge in [0.15, 0.2) is 5.75 Å². The third kappa shape index (κ3) is 5.00. The van der Waals surface area contributed by atoms with E-state index in [1.165, 1.54) is 14.2 Å². The van der Waals surface area contributed by atoms with Crippen LogP contribution in [0.15, 0.2) is 11.6 Å². The zero-order valence-corrected chi connectivity index (χ0v) is 18.9. The topological polar surface area (TPSA) is 105 Å². The van der Waals surface area contributed by atoms with Gasteiger partial charge in [-0.2, -0.15) is 21.6 Å². The van der Waals surface area contributed by atoms with Gasteiger partial charge in [-0.05, 0) is 31.7 Å². The van der Waals surface area contributed by atoms with Crippen molar-refractivity contribution >= 4 is 22.1 Å². The predicted molar refractivity (Wildman–Crippen MR) is 106 cm³/mol. The number of cyclic esters (lactones) is 1. The van der Waals surface area contributed by atoms with E-state index in [1.54, 1.807) is 26.8 Å². The molecular formula is C20H23F3O8S. The fraction of sp³-hybridized carbons (Fsp3) is 0.500. The van der Waals surface area contributed by atoms with Gasteiger partial charge in [-0.3, -0.25) is 4.79 Å². The SMILES string of the molecule is COC(=O)CC(C)C(C)=CCc1c(OC)c(C)c2c(c1OS(=O)(=O)C(F)(F)F)C(=O)OC2. The first-order valence-electron chi connectivity index (χ1n) is 9.38. The van der Waals surface area contributed by atoms with Gasteiger partial charge in [-0.15, -0.1) is 0 Å². The molecule has 178 valence electrons. The molecule has 1 heterocycles. The summed E-state index contributed by atoms with van der Waals surface area (Å²) in [6.45, 7) is 4.75. The number of hydrogen-bond acceptors (Lipinski definition) is 8. The first-order valence-corrected chi connectivity index (χ1v) is 10.8. The number of fused-ring (bicyclic) bond motifs is 1. The van der Waals surface area contributed by atoms with Crippen LogP contribution in [0.5, 0.6) is 11.5 Å². The third-order valence-electron chi connectivity index (χ3n) is 5.21. The van der Waals surface area contributed by atoms with Crippen LogP contribution < -0.4 is 8.92 Å². The summed E-state index contributed by atoms with van der Waals surface area (Å²) in [7, 11) is -3.57. The number of hydrogen-bond donors (Lipinski definition) is 0. The van der Waals surface area contributed by atoms with Crippen molar-refractivity contribution < 1.29 is 49.6 Å². The summed E-state index contributed by atoms with van der Waals surface area (Å²) in [5.41, 5.74) is -4.89. The van der Waals surface area contributed by atoms with Crippen molar-refractivity contribution in [1.82, 2.24) is 0 Å². The molecule has 2 rings (SSSR count). The van der Waals surface area contributed by atoms with Crippen LogP contribution >= 0.6 is 0 Å². The molecule has 0 saturated carbocycles. The third-order valence-corrected chi connectivity index (χ3v) is 6.16. The molecule has 0 fully saturated rings. The summed E-state index contributed by atoms with van der Waals surface area (Å²) < 4.78 is 81.9. The lowest BCUT2D eigenvalue weighted by Gasteiger charge is -2.20. The van der Waals surface area contributed by atoms with Gasteiger partial charge in [0.2, 0.25) is 0 Å². The second kappa shape index (κ2) is 9.39. The average Bonchev–Trinajstić information content (AvgIpc) is 3.09. The van der Waals surface area contributed by atoms with Crippen LogP contribution in [0.25, 0.3) is 0 Å². The van der Waals surface area contributed by atoms with Crippen LogP contribution in [0.3, 0.4) is 0 Å². The van der Waals surface area contributed by atoms with E-state index in [9.17, 15) is 31.2 Å². The van der Waals surface area contributed by atoms with Gasteiger partial charge in [-0.1, -0.05) is 18.6 Å². The number of carbonyl (C=O) groups is 2. The maximum absolute atomic E-state index is 13.0. The normalized spacial score (nSPS) is 15.1. The zero-order chi connectivity index (χ0) is 24.4. The lowest BCUT2D eigenvalue weighted by molar-refractivity contribution is -0.141. The number of allylic oxidation sites excluding steroid dienone is 2. The largest absolute Gasteiger partial charge is 0.534 e. The highest BCUT2D eigenvalue weighted by molar-refractivity contribution is 7.88. The fourth-order valence-electron chi connectivity index (χ4n) is 3.22. The number of methoxy groups -OCH3 is 2. The first kappa shape index (κ1) is 25.5. The Labute approximate surface area is 183 Å². The maximum Gasteiger partial charge on any atom is 0.534 e.